The summed E-state index contributed by atoms with van der Waals surface area (Å²) in [5.41, 5.74) is 5.77. The van der Waals surface area contributed by atoms with Crippen LogP contribution in [0.5, 0.6) is 0 Å². The van der Waals surface area contributed by atoms with E-state index in [1.807, 2.05) is 13.8 Å². The lowest BCUT2D eigenvalue weighted by Gasteiger charge is -2.23. The third-order valence-corrected chi connectivity index (χ3v) is 2.48. The Bertz CT molecular complexity index is 206. The summed E-state index contributed by atoms with van der Waals surface area (Å²) in [5.74, 6) is -0.256. The highest BCUT2D eigenvalue weighted by Gasteiger charge is 2.23. The van der Waals surface area contributed by atoms with E-state index < -0.39 is 12.1 Å². The van der Waals surface area contributed by atoms with Crippen LogP contribution >= 0.6 is 0 Å². The number of nitrogens with two attached hydrogens (primary N) is 1. The first kappa shape index (κ1) is 14.1. The maximum absolute atomic E-state index is 11.1. The molecular weight excluding hydrogens is 194 g/mol. The molecule has 0 aromatic carbocycles. The summed E-state index contributed by atoms with van der Waals surface area (Å²) >= 11 is 0. The first-order valence-electron chi connectivity index (χ1n) is 5.23. The number of hydrogen-bond donors (Lipinski definition) is 2. The molecule has 0 radical (unpaired) electrons. The molecule has 0 bridgehead atoms. The van der Waals surface area contributed by atoms with Crippen molar-refractivity contribution >= 4 is 5.97 Å². The van der Waals surface area contributed by atoms with E-state index in [1.54, 1.807) is 0 Å². The molecule has 0 spiro atoms. The average Bonchev–Trinajstić information content (AvgIpc) is 2.23. The number of ether oxygens (including phenoxy) is 1. The van der Waals surface area contributed by atoms with Crippen LogP contribution in [0.4, 0.5) is 0 Å². The third-order valence-electron chi connectivity index (χ3n) is 2.48. The number of rotatable bonds is 7. The summed E-state index contributed by atoms with van der Waals surface area (Å²) in [6, 6.07) is -0.383. The Morgan fingerprint density at radius 1 is 1.67 bits per heavy atom. The van der Waals surface area contributed by atoms with Gasteiger partial charge in [-0.2, -0.15) is 0 Å². The first-order valence-corrected chi connectivity index (χ1v) is 5.23. The quantitative estimate of drug-likeness (QED) is 0.487. The van der Waals surface area contributed by atoms with E-state index in [-0.39, 0.29) is 25.0 Å². The number of hydrogen-bond acceptors (Lipinski definition) is 4. The van der Waals surface area contributed by atoms with E-state index in [4.69, 9.17) is 10.5 Å². The summed E-state index contributed by atoms with van der Waals surface area (Å²) in [5, 5.41) is 9.64. The maximum Gasteiger partial charge on any atom is 0.308 e. The highest BCUT2D eigenvalue weighted by Crippen LogP contribution is 2.11. The molecule has 0 rings (SSSR count). The Balaban J connectivity index is 3.94. The first-order chi connectivity index (χ1) is 7.02. The van der Waals surface area contributed by atoms with E-state index in [0.717, 1.165) is 6.42 Å². The fourth-order valence-corrected chi connectivity index (χ4v) is 1.17. The Labute approximate surface area is 91.1 Å². The maximum atomic E-state index is 11.1. The van der Waals surface area contributed by atoms with Crippen molar-refractivity contribution in [3.8, 4) is 0 Å². The summed E-state index contributed by atoms with van der Waals surface area (Å²) in [4.78, 5) is 11.1. The molecule has 0 amide bonds. The molecule has 0 fully saturated rings. The van der Waals surface area contributed by atoms with E-state index in [2.05, 4.69) is 6.58 Å². The van der Waals surface area contributed by atoms with Crippen molar-refractivity contribution in [3.05, 3.63) is 12.7 Å². The van der Waals surface area contributed by atoms with Crippen molar-refractivity contribution in [2.45, 2.75) is 38.8 Å². The summed E-state index contributed by atoms with van der Waals surface area (Å²) < 4.78 is 4.75. The number of esters is 1. The molecule has 4 nitrogen and oxygen atoms in total. The predicted octanol–water partition coefficient (Wildman–Crippen LogP) is 0.840. The smallest absolute Gasteiger partial charge is 0.308 e. The van der Waals surface area contributed by atoms with Gasteiger partial charge in [0.25, 0.3) is 0 Å². The van der Waals surface area contributed by atoms with E-state index >= 15 is 0 Å². The largest absolute Gasteiger partial charge is 0.461 e. The molecule has 3 N–H and O–H groups in total. The van der Waals surface area contributed by atoms with Gasteiger partial charge in [-0.25, -0.2) is 0 Å². The monoisotopic (exact) mass is 215 g/mol. The van der Waals surface area contributed by atoms with Crippen molar-refractivity contribution in [2.24, 2.45) is 11.7 Å². The highest BCUT2D eigenvalue weighted by atomic mass is 16.5. The third kappa shape index (κ3) is 5.54. The minimum Gasteiger partial charge on any atom is -0.461 e. The summed E-state index contributed by atoms with van der Waals surface area (Å²) in [7, 11) is 0. The second kappa shape index (κ2) is 7.43. The number of carbonyl (C=O) groups is 1. The molecule has 0 unspecified atom stereocenters. The lowest BCUT2D eigenvalue weighted by atomic mass is 9.94. The van der Waals surface area contributed by atoms with E-state index in [9.17, 15) is 9.90 Å². The Kier molecular flexibility index (Phi) is 6.99. The zero-order valence-electron chi connectivity index (χ0n) is 9.48. The minimum atomic E-state index is -0.836. The lowest BCUT2D eigenvalue weighted by molar-refractivity contribution is -0.145. The molecule has 0 heterocycles. The van der Waals surface area contributed by atoms with Crippen LogP contribution in [0.2, 0.25) is 0 Å². The van der Waals surface area contributed by atoms with Crippen LogP contribution in [-0.2, 0) is 9.53 Å². The van der Waals surface area contributed by atoms with Crippen molar-refractivity contribution < 1.29 is 14.6 Å². The van der Waals surface area contributed by atoms with Crippen LogP contribution in [-0.4, -0.2) is 29.8 Å². The molecule has 4 heteroatoms. The van der Waals surface area contributed by atoms with Crippen molar-refractivity contribution in [1.82, 2.24) is 0 Å². The van der Waals surface area contributed by atoms with Crippen LogP contribution in [0.15, 0.2) is 12.7 Å². The van der Waals surface area contributed by atoms with Gasteiger partial charge >= 0.3 is 5.97 Å². The molecule has 0 saturated heterocycles. The van der Waals surface area contributed by atoms with Crippen molar-refractivity contribution in [1.29, 1.82) is 0 Å². The molecule has 88 valence electrons. The zero-order chi connectivity index (χ0) is 11.8. The van der Waals surface area contributed by atoms with Crippen molar-refractivity contribution in [3.63, 3.8) is 0 Å². The Morgan fingerprint density at radius 3 is 2.73 bits per heavy atom. The van der Waals surface area contributed by atoms with Gasteiger partial charge < -0.3 is 15.6 Å². The average molecular weight is 215 g/mol. The fourth-order valence-electron chi connectivity index (χ4n) is 1.17. The number of carbonyl (C=O) groups excluding carboxylic acids is 1. The molecule has 0 aromatic heterocycles. The molecular formula is C11H21NO3. The molecule has 0 aliphatic rings. The SMILES string of the molecule is C=CCOC(=O)C[C@H](O)[C@H](N)[C@@H](C)CC. The molecule has 15 heavy (non-hydrogen) atoms. The Hall–Kier alpha value is -0.870. The second-order valence-corrected chi connectivity index (χ2v) is 3.71. The number of aliphatic hydroxyl groups excluding tert-OH is 1. The lowest BCUT2D eigenvalue weighted by Crippen LogP contribution is -2.41. The summed E-state index contributed by atoms with van der Waals surface area (Å²) in [6.07, 6.45) is 1.47. The highest BCUT2D eigenvalue weighted by molar-refractivity contribution is 5.70. The molecule has 0 aliphatic carbocycles. The van der Waals surface area contributed by atoms with Gasteiger partial charge in [-0.1, -0.05) is 32.9 Å². The van der Waals surface area contributed by atoms with Gasteiger partial charge in [0, 0.05) is 6.04 Å². The second-order valence-electron chi connectivity index (χ2n) is 3.71. The van der Waals surface area contributed by atoms with Crippen LogP contribution in [0, 0.1) is 5.92 Å². The van der Waals surface area contributed by atoms with Crippen LogP contribution in [0.25, 0.3) is 0 Å². The van der Waals surface area contributed by atoms with Gasteiger partial charge in [0.15, 0.2) is 0 Å². The van der Waals surface area contributed by atoms with Gasteiger partial charge in [-0.3, -0.25) is 4.79 Å². The normalized spacial score (nSPS) is 16.5. The zero-order valence-corrected chi connectivity index (χ0v) is 9.48. The number of aliphatic hydroxyl groups is 1. The Morgan fingerprint density at radius 2 is 2.27 bits per heavy atom. The van der Waals surface area contributed by atoms with Gasteiger partial charge in [0.1, 0.15) is 6.61 Å². The van der Waals surface area contributed by atoms with Gasteiger partial charge in [0.05, 0.1) is 12.5 Å². The fraction of sp³-hybridized carbons (Fsp3) is 0.727. The van der Waals surface area contributed by atoms with E-state index in [0.29, 0.717) is 0 Å². The minimum absolute atomic E-state index is 0.0562. The summed E-state index contributed by atoms with van der Waals surface area (Å²) in [6.45, 7) is 7.54. The molecule has 0 aromatic rings. The van der Waals surface area contributed by atoms with Gasteiger partial charge in [0.2, 0.25) is 0 Å². The van der Waals surface area contributed by atoms with Crippen molar-refractivity contribution in [2.75, 3.05) is 6.61 Å². The molecule has 0 aliphatic heterocycles. The molecule has 0 saturated carbocycles. The standard InChI is InChI=1S/C11H21NO3/c1-4-6-15-10(14)7-9(13)11(12)8(3)5-2/h4,8-9,11,13H,1,5-7,12H2,2-3H3/t8-,9-,11+/m0/s1. The van der Waals surface area contributed by atoms with Crippen LogP contribution in [0.3, 0.4) is 0 Å². The van der Waals surface area contributed by atoms with Gasteiger partial charge in [-0.05, 0) is 5.92 Å². The van der Waals surface area contributed by atoms with Crippen LogP contribution in [0.1, 0.15) is 26.7 Å². The van der Waals surface area contributed by atoms with Gasteiger partial charge in [-0.15, -0.1) is 0 Å². The molecule has 3 atom stereocenters. The van der Waals surface area contributed by atoms with E-state index in [1.165, 1.54) is 6.08 Å². The van der Waals surface area contributed by atoms with Crippen LogP contribution < -0.4 is 5.73 Å². The topological polar surface area (TPSA) is 72.5 Å². The predicted molar refractivity (Wildman–Crippen MR) is 59.2 cm³/mol.